The second-order valence-electron chi connectivity index (χ2n) is 5.22. The van der Waals surface area contributed by atoms with E-state index in [1.807, 2.05) is 31.2 Å². The number of nitrogens with one attached hydrogen (secondary N) is 2. The molecule has 3 nitrogen and oxygen atoms in total. The van der Waals surface area contributed by atoms with Crippen molar-refractivity contribution in [1.82, 2.24) is 5.32 Å². The number of rotatable bonds is 5. The van der Waals surface area contributed by atoms with Gasteiger partial charge >= 0.3 is 0 Å². The van der Waals surface area contributed by atoms with Crippen molar-refractivity contribution in [3.05, 3.63) is 59.4 Å². The van der Waals surface area contributed by atoms with E-state index in [1.165, 1.54) is 18.7 Å². The third-order valence-electron chi connectivity index (χ3n) is 3.67. The topological polar surface area (TPSA) is 33.3 Å². The summed E-state index contributed by atoms with van der Waals surface area (Å²) in [4.78, 5) is 0. The third kappa shape index (κ3) is 4.42. The summed E-state index contributed by atoms with van der Waals surface area (Å²) in [6, 6.07) is 12.8. The van der Waals surface area contributed by atoms with Gasteiger partial charge in [-0.3, -0.25) is 0 Å². The van der Waals surface area contributed by atoms with Gasteiger partial charge < -0.3 is 15.4 Å². The van der Waals surface area contributed by atoms with Gasteiger partial charge in [-0.25, -0.2) is 4.39 Å². The lowest BCUT2D eigenvalue weighted by Crippen LogP contribution is -2.31. The second-order valence-corrected chi connectivity index (χ2v) is 5.63. The van der Waals surface area contributed by atoms with Gasteiger partial charge in [0.05, 0.1) is 13.2 Å². The number of methoxy groups -OCH3 is 1. The molecule has 0 aromatic heterocycles. The molecule has 5 heteroatoms. The second kappa shape index (κ2) is 7.92. The van der Waals surface area contributed by atoms with Crippen LogP contribution in [0.3, 0.4) is 0 Å². The molecule has 2 N–H and O–H groups in total. The van der Waals surface area contributed by atoms with Gasteiger partial charge in [0.25, 0.3) is 0 Å². The third-order valence-corrected chi connectivity index (χ3v) is 3.89. The number of para-hydroxylation sites is 1. The highest BCUT2D eigenvalue weighted by atomic mass is 32.1. The first-order valence-corrected chi connectivity index (χ1v) is 7.94. The average Bonchev–Trinajstić information content (AvgIpc) is 2.55. The van der Waals surface area contributed by atoms with Gasteiger partial charge in [0.2, 0.25) is 0 Å². The van der Waals surface area contributed by atoms with Gasteiger partial charge in [0, 0.05) is 5.69 Å². The highest BCUT2D eigenvalue weighted by Gasteiger charge is 2.11. The Morgan fingerprint density at radius 1 is 1.26 bits per heavy atom. The molecular weight excluding hydrogens is 311 g/mol. The lowest BCUT2D eigenvalue weighted by Gasteiger charge is -2.19. The Labute approximate surface area is 141 Å². The monoisotopic (exact) mass is 332 g/mol. The van der Waals surface area contributed by atoms with Crippen molar-refractivity contribution < 1.29 is 9.13 Å². The predicted molar refractivity (Wildman–Crippen MR) is 96.5 cm³/mol. The zero-order valence-corrected chi connectivity index (χ0v) is 14.3. The van der Waals surface area contributed by atoms with Crippen molar-refractivity contribution in [2.75, 3.05) is 12.4 Å². The van der Waals surface area contributed by atoms with Crippen LogP contribution in [0.4, 0.5) is 10.1 Å². The van der Waals surface area contributed by atoms with Crippen LogP contribution in [0, 0.1) is 5.82 Å². The van der Waals surface area contributed by atoms with Crippen LogP contribution in [0.2, 0.25) is 0 Å². The molecule has 0 saturated carbocycles. The molecule has 0 heterocycles. The van der Waals surface area contributed by atoms with E-state index in [2.05, 4.69) is 23.6 Å². The maximum atomic E-state index is 13.8. The first-order valence-electron chi connectivity index (χ1n) is 7.54. The first kappa shape index (κ1) is 17.2. The zero-order chi connectivity index (χ0) is 16.8. The van der Waals surface area contributed by atoms with Crippen LogP contribution in [0.15, 0.2) is 42.5 Å². The van der Waals surface area contributed by atoms with E-state index < -0.39 is 0 Å². The highest BCUT2D eigenvalue weighted by molar-refractivity contribution is 7.80. The summed E-state index contributed by atoms with van der Waals surface area (Å²) in [6.45, 7) is 4.03. The largest absolute Gasteiger partial charge is 0.494 e. The standard InChI is InChI=1S/C18H21FN2OS/c1-4-13-7-5-6-8-16(13)21-18(23)20-12(2)14-9-10-17(22-3)15(19)11-14/h5-12H,4H2,1-3H3,(H2,20,21,23)/t12-/m1/s1. The molecule has 0 amide bonds. The Kier molecular flexibility index (Phi) is 5.93. The Balaban J connectivity index is 2.03. The number of benzene rings is 2. The summed E-state index contributed by atoms with van der Waals surface area (Å²) in [6.07, 6.45) is 0.922. The molecule has 0 saturated heterocycles. The van der Waals surface area contributed by atoms with Crippen LogP contribution >= 0.6 is 12.2 Å². The lowest BCUT2D eigenvalue weighted by atomic mass is 10.1. The minimum atomic E-state index is -0.381. The van der Waals surface area contributed by atoms with Crippen molar-refractivity contribution in [1.29, 1.82) is 0 Å². The van der Waals surface area contributed by atoms with Crippen molar-refractivity contribution >= 4 is 23.0 Å². The molecule has 0 aliphatic rings. The molecule has 122 valence electrons. The molecule has 2 aromatic carbocycles. The summed E-state index contributed by atoms with van der Waals surface area (Å²) < 4.78 is 18.7. The summed E-state index contributed by atoms with van der Waals surface area (Å²) >= 11 is 5.36. The van der Waals surface area contributed by atoms with Crippen LogP contribution in [0.1, 0.15) is 31.0 Å². The Bertz CT molecular complexity index is 690. The summed E-state index contributed by atoms with van der Waals surface area (Å²) in [5, 5.41) is 6.88. The molecule has 2 aromatic rings. The van der Waals surface area contributed by atoms with Crippen molar-refractivity contribution in [3.8, 4) is 5.75 Å². The summed E-state index contributed by atoms with van der Waals surface area (Å²) in [7, 11) is 1.45. The molecule has 0 fully saturated rings. The van der Waals surface area contributed by atoms with Gasteiger partial charge in [-0.05, 0) is 54.9 Å². The van der Waals surface area contributed by atoms with Gasteiger partial charge in [-0.15, -0.1) is 0 Å². The molecule has 0 aliphatic heterocycles. The number of anilines is 1. The number of hydrogen-bond acceptors (Lipinski definition) is 2. The number of halogens is 1. The van der Waals surface area contributed by atoms with Crippen molar-refractivity contribution in [3.63, 3.8) is 0 Å². The van der Waals surface area contributed by atoms with Crippen LogP contribution in [-0.4, -0.2) is 12.2 Å². The van der Waals surface area contributed by atoms with Crippen LogP contribution in [0.5, 0.6) is 5.75 Å². The molecule has 0 aliphatic carbocycles. The normalized spacial score (nSPS) is 11.7. The molecule has 0 unspecified atom stereocenters. The van der Waals surface area contributed by atoms with Gasteiger partial charge in [0.1, 0.15) is 0 Å². The molecule has 0 bridgehead atoms. The number of aryl methyl sites for hydroxylation is 1. The zero-order valence-electron chi connectivity index (χ0n) is 13.5. The van der Waals surface area contributed by atoms with E-state index in [1.54, 1.807) is 6.07 Å². The fourth-order valence-corrected chi connectivity index (χ4v) is 2.63. The average molecular weight is 332 g/mol. The Morgan fingerprint density at radius 2 is 2.00 bits per heavy atom. The summed E-state index contributed by atoms with van der Waals surface area (Å²) in [5.41, 5.74) is 2.98. The van der Waals surface area contributed by atoms with E-state index in [0.29, 0.717) is 5.11 Å². The van der Waals surface area contributed by atoms with Crippen molar-refractivity contribution in [2.24, 2.45) is 0 Å². The predicted octanol–water partition coefficient (Wildman–Crippen LogP) is 4.44. The smallest absolute Gasteiger partial charge is 0.171 e. The maximum Gasteiger partial charge on any atom is 0.171 e. The first-order chi connectivity index (χ1) is 11.0. The number of ether oxygens (including phenoxy) is 1. The maximum absolute atomic E-state index is 13.8. The molecule has 1 atom stereocenters. The molecule has 0 spiro atoms. The lowest BCUT2D eigenvalue weighted by molar-refractivity contribution is 0.386. The quantitative estimate of drug-likeness (QED) is 0.793. The molecular formula is C18H21FN2OS. The number of hydrogen-bond donors (Lipinski definition) is 2. The van der Waals surface area contributed by atoms with Crippen molar-refractivity contribution in [2.45, 2.75) is 26.3 Å². The van der Waals surface area contributed by atoms with E-state index in [0.717, 1.165) is 17.7 Å². The molecule has 2 rings (SSSR count). The molecule has 23 heavy (non-hydrogen) atoms. The summed E-state index contributed by atoms with van der Waals surface area (Å²) in [5.74, 6) is -0.146. The van der Waals surface area contributed by atoms with E-state index in [4.69, 9.17) is 17.0 Å². The minimum absolute atomic E-state index is 0.121. The minimum Gasteiger partial charge on any atom is -0.494 e. The number of thiocarbonyl (C=S) groups is 1. The SMILES string of the molecule is CCc1ccccc1NC(=S)N[C@H](C)c1ccc(OC)c(F)c1. The van der Waals surface area contributed by atoms with Crippen LogP contribution in [0.25, 0.3) is 0 Å². The fraction of sp³-hybridized carbons (Fsp3) is 0.278. The van der Waals surface area contributed by atoms with Crippen LogP contribution in [-0.2, 0) is 6.42 Å². The van der Waals surface area contributed by atoms with E-state index in [-0.39, 0.29) is 17.6 Å². The fourth-order valence-electron chi connectivity index (χ4n) is 2.34. The van der Waals surface area contributed by atoms with E-state index >= 15 is 0 Å². The van der Waals surface area contributed by atoms with Gasteiger partial charge in [0.15, 0.2) is 16.7 Å². The van der Waals surface area contributed by atoms with E-state index in [9.17, 15) is 4.39 Å². The Morgan fingerprint density at radius 3 is 2.65 bits per heavy atom. The molecule has 0 radical (unpaired) electrons. The van der Waals surface area contributed by atoms with Gasteiger partial charge in [-0.2, -0.15) is 0 Å². The Hall–Kier alpha value is -2.14. The highest BCUT2D eigenvalue weighted by Crippen LogP contribution is 2.22. The van der Waals surface area contributed by atoms with Gasteiger partial charge in [-0.1, -0.05) is 31.2 Å². The van der Waals surface area contributed by atoms with Crippen LogP contribution < -0.4 is 15.4 Å².